The van der Waals surface area contributed by atoms with E-state index in [1.54, 1.807) is 6.92 Å². The van der Waals surface area contributed by atoms with Gasteiger partial charge < -0.3 is 10.6 Å². The molecule has 3 rings (SSSR count). The van der Waals surface area contributed by atoms with Gasteiger partial charge in [0.2, 0.25) is 0 Å². The summed E-state index contributed by atoms with van der Waals surface area (Å²) < 4.78 is 0. The van der Waals surface area contributed by atoms with Gasteiger partial charge in [0.15, 0.2) is 0 Å². The van der Waals surface area contributed by atoms with Crippen molar-refractivity contribution in [1.29, 1.82) is 0 Å². The van der Waals surface area contributed by atoms with Crippen LogP contribution in [0.15, 0.2) is 60.7 Å². The summed E-state index contributed by atoms with van der Waals surface area (Å²) >= 11 is 0. The van der Waals surface area contributed by atoms with Gasteiger partial charge >= 0.3 is 6.03 Å². The number of hydrogen-bond acceptors (Lipinski definition) is 3. The van der Waals surface area contributed by atoms with Crippen molar-refractivity contribution in [1.82, 2.24) is 10.2 Å². The van der Waals surface area contributed by atoms with Crippen molar-refractivity contribution >= 4 is 23.7 Å². The molecule has 0 spiro atoms. The number of hydrogen-bond donors (Lipinski definition) is 2. The van der Waals surface area contributed by atoms with E-state index in [2.05, 4.69) is 34.9 Å². The van der Waals surface area contributed by atoms with Crippen LogP contribution in [-0.4, -0.2) is 30.4 Å². The third-order valence-electron chi connectivity index (χ3n) is 4.39. The number of carbonyl (C=O) groups is 2. The van der Waals surface area contributed by atoms with Crippen LogP contribution >= 0.6 is 0 Å². The Morgan fingerprint density at radius 3 is 2.36 bits per heavy atom. The van der Waals surface area contributed by atoms with Crippen LogP contribution < -0.4 is 10.6 Å². The second-order valence-corrected chi connectivity index (χ2v) is 6.19. The molecule has 3 amide bonds. The molecule has 0 saturated carbocycles. The Morgan fingerprint density at radius 1 is 1.08 bits per heavy atom. The first-order valence-electron chi connectivity index (χ1n) is 8.17. The number of rotatable bonds is 5. The van der Waals surface area contributed by atoms with Crippen LogP contribution in [0.4, 0.5) is 10.5 Å². The second-order valence-electron chi connectivity index (χ2n) is 6.19. The van der Waals surface area contributed by atoms with Crippen molar-refractivity contribution in [3.63, 3.8) is 0 Å². The molecule has 0 aromatic heterocycles. The highest BCUT2D eigenvalue weighted by atomic mass is 16.2. The standard InChI is InChI=1S/C20H21N3O2/c1-20(18(24)23(2)19(25)22-20)16-10-12-17(13-11-16)21-14-6-9-15-7-4-3-5-8-15/h3-13,21H,14H2,1-2H3,(H,22,25)/b9-6+. The lowest BCUT2D eigenvalue weighted by atomic mass is 9.92. The van der Waals surface area contributed by atoms with Crippen molar-refractivity contribution < 1.29 is 9.59 Å². The zero-order valence-electron chi connectivity index (χ0n) is 14.3. The molecule has 1 atom stereocenters. The highest BCUT2D eigenvalue weighted by molar-refractivity contribution is 6.06. The first-order valence-corrected chi connectivity index (χ1v) is 8.17. The number of benzene rings is 2. The van der Waals surface area contributed by atoms with Gasteiger partial charge in [0.05, 0.1) is 0 Å². The summed E-state index contributed by atoms with van der Waals surface area (Å²) in [4.78, 5) is 25.1. The van der Waals surface area contributed by atoms with Gasteiger partial charge in [-0.1, -0.05) is 54.6 Å². The number of nitrogens with zero attached hydrogens (tertiary/aromatic N) is 1. The first-order chi connectivity index (χ1) is 12.0. The van der Waals surface area contributed by atoms with E-state index in [1.165, 1.54) is 7.05 Å². The molecule has 5 nitrogen and oxygen atoms in total. The van der Waals surface area contributed by atoms with Crippen LogP contribution in [0.2, 0.25) is 0 Å². The lowest BCUT2D eigenvalue weighted by molar-refractivity contribution is -0.130. The predicted octanol–water partition coefficient (Wildman–Crippen LogP) is 3.21. The summed E-state index contributed by atoms with van der Waals surface area (Å²) in [7, 11) is 1.48. The molecule has 0 bridgehead atoms. The number of carbonyl (C=O) groups excluding carboxylic acids is 2. The highest BCUT2D eigenvalue weighted by Crippen LogP contribution is 2.28. The van der Waals surface area contributed by atoms with Gasteiger partial charge in [0.25, 0.3) is 5.91 Å². The van der Waals surface area contributed by atoms with E-state index in [0.29, 0.717) is 6.54 Å². The quantitative estimate of drug-likeness (QED) is 0.825. The lowest BCUT2D eigenvalue weighted by Crippen LogP contribution is -2.40. The molecule has 1 unspecified atom stereocenters. The molecular formula is C20H21N3O2. The van der Waals surface area contributed by atoms with Crippen molar-refractivity contribution in [3.05, 3.63) is 71.8 Å². The minimum absolute atomic E-state index is 0.246. The molecule has 5 heteroatoms. The fraction of sp³-hybridized carbons (Fsp3) is 0.200. The average Bonchev–Trinajstić information content (AvgIpc) is 2.84. The largest absolute Gasteiger partial charge is 0.382 e. The smallest absolute Gasteiger partial charge is 0.325 e. The predicted molar refractivity (Wildman–Crippen MR) is 99.1 cm³/mol. The van der Waals surface area contributed by atoms with Gasteiger partial charge in [-0.05, 0) is 30.2 Å². The van der Waals surface area contributed by atoms with Crippen molar-refractivity contribution in [2.24, 2.45) is 0 Å². The van der Waals surface area contributed by atoms with Gasteiger partial charge in [-0.25, -0.2) is 4.79 Å². The average molecular weight is 335 g/mol. The van der Waals surface area contributed by atoms with Gasteiger partial charge in [-0.2, -0.15) is 0 Å². The van der Waals surface area contributed by atoms with Crippen LogP contribution in [0, 0.1) is 0 Å². The lowest BCUT2D eigenvalue weighted by Gasteiger charge is -2.22. The number of imide groups is 1. The van der Waals surface area contributed by atoms with Crippen LogP contribution in [-0.2, 0) is 10.3 Å². The molecule has 2 aromatic carbocycles. The van der Waals surface area contributed by atoms with E-state index >= 15 is 0 Å². The van der Waals surface area contributed by atoms with Crippen molar-refractivity contribution in [2.45, 2.75) is 12.5 Å². The Kier molecular flexibility index (Phi) is 4.57. The van der Waals surface area contributed by atoms with E-state index < -0.39 is 5.54 Å². The Balaban J connectivity index is 1.62. The number of likely N-dealkylation sites (N-methyl/N-ethyl adjacent to an activating group) is 1. The zero-order valence-corrected chi connectivity index (χ0v) is 14.3. The van der Waals surface area contributed by atoms with E-state index in [4.69, 9.17) is 0 Å². The number of urea groups is 1. The Hall–Kier alpha value is -3.08. The molecule has 2 aromatic rings. The Bertz CT molecular complexity index is 799. The molecule has 0 radical (unpaired) electrons. The minimum Gasteiger partial charge on any atom is -0.382 e. The number of anilines is 1. The molecule has 128 valence electrons. The molecule has 1 aliphatic heterocycles. The maximum atomic E-state index is 12.3. The summed E-state index contributed by atoms with van der Waals surface area (Å²) in [5, 5.41) is 6.05. The van der Waals surface area contributed by atoms with Gasteiger partial charge in [0, 0.05) is 19.3 Å². The van der Waals surface area contributed by atoms with Crippen LogP contribution in [0.25, 0.3) is 6.08 Å². The van der Waals surface area contributed by atoms with E-state index in [0.717, 1.165) is 21.7 Å². The summed E-state index contributed by atoms with van der Waals surface area (Å²) in [6, 6.07) is 17.3. The van der Waals surface area contributed by atoms with Crippen LogP contribution in [0.1, 0.15) is 18.1 Å². The van der Waals surface area contributed by atoms with Crippen LogP contribution in [0.3, 0.4) is 0 Å². The summed E-state index contributed by atoms with van der Waals surface area (Å²) in [6.07, 6.45) is 4.12. The second kappa shape index (κ2) is 6.81. The molecular weight excluding hydrogens is 314 g/mol. The van der Waals surface area contributed by atoms with E-state index in [9.17, 15) is 9.59 Å². The Labute approximate surface area is 147 Å². The summed E-state index contributed by atoms with van der Waals surface area (Å²) in [5.74, 6) is -0.246. The van der Waals surface area contributed by atoms with Crippen molar-refractivity contribution in [3.8, 4) is 0 Å². The summed E-state index contributed by atoms with van der Waals surface area (Å²) in [5.41, 5.74) is 1.88. The third-order valence-corrected chi connectivity index (χ3v) is 4.39. The minimum atomic E-state index is -1.00. The maximum absolute atomic E-state index is 12.3. The van der Waals surface area contributed by atoms with Gasteiger partial charge in [0.1, 0.15) is 5.54 Å². The van der Waals surface area contributed by atoms with E-state index in [-0.39, 0.29) is 11.9 Å². The third kappa shape index (κ3) is 3.40. The monoisotopic (exact) mass is 335 g/mol. The fourth-order valence-corrected chi connectivity index (χ4v) is 2.83. The molecule has 2 N–H and O–H groups in total. The highest BCUT2D eigenvalue weighted by Gasteiger charge is 2.47. The SMILES string of the molecule is CN1C(=O)NC(C)(c2ccc(NC/C=C/c3ccccc3)cc2)C1=O. The topological polar surface area (TPSA) is 61.4 Å². The van der Waals surface area contributed by atoms with Crippen molar-refractivity contribution in [2.75, 3.05) is 18.9 Å². The molecule has 25 heavy (non-hydrogen) atoms. The Morgan fingerprint density at radius 2 is 1.76 bits per heavy atom. The molecule has 1 aliphatic rings. The molecule has 1 fully saturated rings. The first kappa shape index (κ1) is 16.8. The van der Waals surface area contributed by atoms with E-state index in [1.807, 2.05) is 42.5 Å². The normalized spacial score (nSPS) is 20.2. The maximum Gasteiger partial charge on any atom is 0.325 e. The number of amides is 3. The molecule has 1 saturated heterocycles. The number of nitrogens with one attached hydrogen (secondary N) is 2. The fourth-order valence-electron chi connectivity index (χ4n) is 2.83. The molecule has 1 heterocycles. The summed E-state index contributed by atoms with van der Waals surface area (Å²) in [6.45, 7) is 2.42. The van der Waals surface area contributed by atoms with Gasteiger partial charge in [-0.3, -0.25) is 9.69 Å². The molecule has 0 aliphatic carbocycles. The van der Waals surface area contributed by atoms with Crippen LogP contribution in [0.5, 0.6) is 0 Å². The van der Waals surface area contributed by atoms with Gasteiger partial charge in [-0.15, -0.1) is 0 Å². The zero-order chi connectivity index (χ0) is 17.9.